The fraction of sp³-hybridized carbons (Fsp3) is 0.333. The monoisotopic (exact) mass is 618 g/mol. The smallest absolute Gasteiger partial charge is 0.261 e. The summed E-state index contributed by atoms with van der Waals surface area (Å²) in [6.07, 6.45) is 1.23. The summed E-state index contributed by atoms with van der Waals surface area (Å²) in [5, 5.41) is 3.85. The van der Waals surface area contributed by atoms with E-state index in [1.54, 1.807) is 23.1 Å². The van der Waals surface area contributed by atoms with E-state index in [2.05, 4.69) is 28.2 Å². The van der Waals surface area contributed by atoms with Gasteiger partial charge in [-0.05, 0) is 84.1 Å². The van der Waals surface area contributed by atoms with Crippen molar-refractivity contribution in [3.63, 3.8) is 0 Å². The molecule has 0 aliphatic rings. The molecule has 1 N–H and O–H groups in total. The second-order valence-electron chi connectivity index (χ2n) is 10.1. The maximum atomic E-state index is 13.8. The Morgan fingerprint density at radius 2 is 1.63 bits per heavy atom. The van der Waals surface area contributed by atoms with E-state index in [1.807, 2.05) is 69.3 Å². The minimum absolute atomic E-state index is 0.157. The normalized spacial score (nSPS) is 12.1. The van der Waals surface area contributed by atoms with Crippen molar-refractivity contribution in [2.24, 2.45) is 0 Å². The van der Waals surface area contributed by atoms with E-state index in [9.17, 15) is 9.59 Å². The summed E-state index contributed by atoms with van der Waals surface area (Å²) >= 11 is 15.9. The van der Waals surface area contributed by atoms with E-state index in [-0.39, 0.29) is 25.0 Å². The number of hydrogen-bond donors (Lipinski definition) is 1. The first-order valence-corrected chi connectivity index (χ1v) is 14.0. The van der Waals surface area contributed by atoms with Crippen molar-refractivity contribution in [3.8, 4) is 5.75 Å². The van der Waals surface area contributed by atoms with Crippen molar-refractivity contribution in [1.82, 2.24) is 10.2 Å². The third-order valence-corrected chi connectivity index (χ3v) is 7.22. The summed E-state index contributed by atoms with van der Waals surface area (Å²) in [6, 6.07) is 19.8. The molecule has 0 aromatic heterocycles. The summed E-state index contributed by atoms with van der Waals surface area (Å²) < 4.78 is 6.69. The van der Waals surface area contributed by atoms with E-state index in [0.29, 0.717) is 22.2 Å². The summed E-state index contributed by atoms with van der Waals surface area (Å²) in [5.41, 5.74) is 2.36. The topological polar surface area (TPSA) is 58.6 Å². The molecule has 3 rings (SSSR count). The van der Waals surface area contributed by atoms with Gasteiger partial charge >= 0.3 is 0 Å². The Balaban J connectivity index is 1.95. The molecule has 0 spiro atoms. The molecule has 0 radical (unpaired) electrons. The quantitative estimate of drug-likeness (QED) is 0.260. The van der Waals surface area contributed by atoms with Crippen LogP contribution >= 0.6 is 39.1 Å². The van der Waals surface area contributed by atoms with E-state index in [0.717, 1.165) is 27.6 Å². The number of amides is 2. The first kappa shape index (κ1) is 30.0. The Morgan fingerprint density at radius 3 is 2.24 bits per heavy atom. The lowest BCUT2D eigenvalue weighted by molar-refractivity contribution is -0.143. The van der Waals surface area contributed by atoms with Crippen LogP contribution in [-0.2, 0) is 29.0 Å². The number of nitrogens with one attached hydrogen (secondary N) is 1. The van der Waals surface area contributed by atoms with Gasteiger partial charge in [0, 0.05) is 18.5 Å². The second kappa shape index (κ2) is 13.5. The number of carbonyl (C=O) groups is 2. The standard InChI is InChI=1S/C30H33BrCl2N2O3/c1-5-20-12-14-27(23(31)15-20)38-19-28(36)35(18-22-11-13-24(32)25(33)16-22)26(29(37)34-30(2,3)4)17-21-9-7-6-8-10-21/h6-16,26H,5,17-19H2,1-4H3,(H,34,37)/t26-/m0/s1. The molecule has 0 aliphatic carbocycles. The first-order valence-electron chi connectivity index (χ1n) is 12.5. The van der Waals surface area contributed by atoms with Crippen LogP contribution in [0.1, 0.15) is 44.4 Å². The molecule has 202 valence electrons. The third-order valence-electron chi connectivity index (χ3n) is 5.86. The van der Waals surface area contributed by atoms with Gasteiger partial charge in [-0.3, -0.25) is 9.59 Å². The molecule has 0 heterocycles. The number of hydrogen-bond acceptors (Lipinski definition) is 3. The molecule has 3 aromatic carbocycles. The minimum Gasteiger partial charge on any atom is -0.483 e. The summed E-state index contributed by atoms with van der Waals surface area (Å²) in [7, 11) is 0. The van der Waals surface area contributed by atoms with Gasteiger partial charge in [-0.15, -0.1) is 0 Å². The Labute approximate surface area is 243 Å². The zero-order valence-corrected chi connectivity index (χ0v) is 25.2. The Kier molecular flexibility index (Phi) is 10.7. The average Bonchev–Trinajstić information content (AvgIpc) is 2.86. The van der Waals surface area contributed by atoms with Gasteiger partial charge in [0.2, 0.25) is 5.91 Å². The Bertz CT molecular complexity index is 1260. The summed E-state index contributed by atoms with van der Waals surface area (Å²) in [5.74, 6) is -0.0143. The fourth-order valence-electron chi connectivity index (χ4n) is 3.95. The minimum atomic E-state index is -0.784. The molecule has 0 saturated carbocycles. The lowest BCUT2D eigenvalue weighted by Crippen LogP contribution is -2.55. The number of carbonyl (C=O) groups excluding carboxylic acids is 2. The van der Waals surface area contributed by atoms with Gasteiger partial charge in [0.25, 0.3) is 5.91 Å². The van der Waals surface area contributed by atoms with Crippen LogP contribution in [-0.4, -0.2) is 34.9 Å². The van der Waals surface area contributed by atoms with Gasteiger partial charge in [-0.25, -0.2) is 0 Å². The highest BCUT2D eigenvalue weighted by molar-refractivity contribution is 9.10. The molecule has 1 atom stereocenters. The second-order valence-corrected chi connectivity index (χ2v) is 11.8. The molecular weight excluding hydrogens is 587 g/mol. The molecular formula is C30H33BrCl2N2O3. The summed E-state index contributed by atoms with van der Waals surface area (Å²) in [4.78, 5) is 28.9. The maximum Gasteiger partial charge on any atom is 0.261 e. The number of halogens is 3. The van der Waals surface area contributed by atoms with Gasteiger partial charge in [0.1, 0.15) is 11.8 Å². The Morgan fingerprint density at radius 1 is 0.947 bits per heavy atom. The van der Waals surface area contributed by atoms with Gasteiger partial charge < -0.3 is 15.0 Å². The van der Waals surface area contributed by atoms with E-state index >= 15 is 0 Å². The number of aryl methyl sites for hydroxylation is 1. The van der Waals surface area contributed by atoms with Crippen LogP contribution in [0.2, 0.25) is 10.0 Å². The predicted molar refractivity (Wildman–Crippen MR) is 158 cm³/mol. The molecule has 3 aromatic rings. The first-order chi connectivity index (χ1) is 18.0. The van der Waals surface area contributed by atoms with Gasteiger partial charge in [0.05, 0.1) is 14.5 Å². The molecule has 5 nitrogen and oxygen atoms in total. The zero-order valence-electron chi connectivity index (χ0n) is 22.1. The number of benzene rings is 3. The average molecular weight is 620 g/mol. The highest BCUT2D eigenvalue weighted by Crippen LogP contribution is 2.27. The molecule has 0 bridgehead atoms. The van der Waals surface area contributed by atoms with Crippen LogP contribution in [0.4, 0.5) is 0 Å². The molecule has 2 amide bonds. The molecule has 0 unspecified atom stereocenters. The van der Waals surface area contributed by atoms with Crippen LogP contribution in [0.5, 0.6) is 5.75 Å². The lowest BCUT2D eigenvalue weighted by atomic mass is 10.0. The predicted octanol–water partition coefficient (Wildman–Crippen LogP) is 7.25. The number of ether oxygens (including phenoxy) is 1. The van der Waals surface area contributed by atoms with Crippen LogP contribution in [0.25, 0.3) is 0 Å². The highest BCUT2D eigenvalue weighted by Gasteiger charge is 2.32. The van der Waals surface area contributed by atoms with E-state index in [1.165, 1.54) is 0 Å². The molecule has 0 saturated heterocycles. The summed E-state index contributed by atoms with van der Waals surface area (Å²) in [6.45, 7) is 7.73. The largest absolute Gasteiger partial charge is 0.483 e. The number of nitrogens with zero attached hydrogens (tertiary/aromatic N) is 1. The zero-order chi connectivity index (χ0) is 27.9. The number of rotatable bonds is 10. The van der Waals surface area contributed by atoms with E-state index < -0.39 is 11.6 Å². The lowest BCUT2D eigenvalue weighted by Gasteiger charge is -2.34. The third kappa shape index (κ3) is 8.75. The van der Waals surface area contributed by atoms with Crippen molar-refractivity contribution >= 4 is 50.9 Å². The highest BCUT2D eigenvalue weighted by atomic mass is 79.9. The van der Waals surface area contributed by atoms with Gasteiger partial charge in [0.15, 0.2) is 6.61 Å². The van der Waals surface area contributed by atoms with E-state index in [4.69, 9.17) is 27.9 Å². The van der Waals surface area contributed by atoms with Crippen LogP contribution in [0.3, 0.4) is 0 Å². The molecule has 0 aliphatic heterocycles. The van der Waals surface area contributed by atoms with Gasteiger partial charge in [-0.1, -0.05) is 72.6 Å². The molecule has 38 heavy (non-hydrogen) atoms. The van der Waals surface area contributed by atoms with Crippen molar-refractivity contribution in [2.75, 3.05) is 6.61 Å². The van der Waals surface area contributed by atoms with Crippen molar-refractivity contribution in [3.05, 3.63) is 97.9 Å². The molecule has 8 heteroatoms. The Hall–Kier alpha value is -2.54. The van der Waals surface area contributed by atoms with Crippen LogP contribution < -0.4 is 10.1 Å². The van der Waals surface area contributed by atoms with Crippen molar-refractivity contribution < 1.29 is 14.3 Å². The van der Waals surface area contributed by atoms with Crippen molar-refractivity contribution in [2.45, 2.75) is 58.7 Å². The molecule has 0 fully saturated rings. The fourth-order valence-corrected chi connectivity index (χ4v) is 4.81. The SMILES string of the molecule is CCc1ccc(OCC(=O)N(Cc2ccc(Cl)c(Cl)c2)[C@@H](Cc2ccccc2)C(=O)NC(C)(C)C)c(Br)c1. The van der Waals surface area contributed by atoms with Crippen molar-refractivity contribution in [1.29, 1.82) is 0 Å². The van der Waals surface area contributed by atoms with Crippen LogP contribution in [0, 0.1) is 0 Å². The maximum absolute atomic E-state index is 13.8. The van der Waals surface area contributed by atoms with Crippen LogP contribution in [0.15, 0.2) is 71.2 Å². The van der Waals surface area contributed by atoms with Gasteiger partial charge in [-0.2, -0.15) is 0 Å².